The molecule has 0 rings (SSSR count). The van der Waals surface area contributed by atoms with Crippen molar-refractivity contribution in [2.75, 3.05) is 12.3 Å². The Balaban J connectivity index is 3.68. The van der Waals surface area contributed by atoms with Gasteiger partial charge in [-0.25, -0.2) is 13.1 Å². The summed E-state index contributed by atoms with van der Waals surface area (Å²) >= 11 is 0. The average molecular weight is 194 g/mol. The maximum Gasteiger partial charge on any atom is 0.211 e. The molecule has 0 aromatic rings. The topological polar surface area (TPSA) is 72.2 Å². The van der Waals surface area contributed by atoms with Gasteiger partial charge in [0.25, 0.3) is 0 Å². The molecular formula is C7H18N2O2S. The molecule has 0 radical (unpaired) electrons. The average Bonchev–Trinajstić information content (AvgIpc) is 2.02. The van der Waals surface area contributed by atoms with Crippen LogP contribution in [0.25, 0.3) is 0 Å². The molecular weight excluding hydrogens is 176 g/mol. The predicted octanol–water partition coefficient (Wildman–Crippen LogP) is 0.0531. The molecule has 0 aromatic heterocycles. The van der Waals surface area contributed by atoms with Crippen LogP contribution in [-0.4, -0.2) is 26.8 Å². The maximum atomic E-state index is 10.9. The lowest BCUT2D eigenvalue weighted by Gasteiger charge is -2.10. The minimum absolute atomic E-state index is 0.0590. The van der Waals surface area contributed by atoms with Crippen LogP contribution >= 0.6 is 0 Å². The first-order valence-corrected chi connectivity index (χ1v) is 5.90. The second-order valence-corrected chi connectivity index (χ2v) is 4.90. The highest BCUT2D eigenvalue weighted by Crippen LogP contribution is 1.92. The van der Waals surface area contributed by atoms with Gasteiger partial charge in [-0.3, -0.25) is 0 Å². The first-order valence-electron chi connectivity index (χ1n) is 4.24. The van der Waals surface area contributed by atoms with E-state index in [-0.39, 0.29) is 11.8 Å². The summed E-state index contributed by atoms with van der Waals surface area (Å²) in [5.41, 5.74) is 5.62. The Labute approximate surface area is 74.6 Å². The first kappa shape index (κ1) is 11.9. The van der Waals surface area contributed by atoms with Gasteiger partial charge < -0.3 is 5.73 Å². The van der Waals surface area contributed by atoms with Crippen molar-refractivity contribution in [3.63, 3.8) is 0 Å². The van der Waals surface area contributed by atoms with Crippen molar-refractivity contribution in [1.82, 2.24) is 4.72 Å². The number of rotatable bonds is 6. The van der Waals surface area contributed by atoms with Crippen LogP contribution in [0.2, 0.25) is 0 Å². The van der Waals surface area contributed by atoms with Crippen molar-refractivity contribution in [3.05, 3.63) is 0 Å². The molecule has 12 heavy (non-hydrogen) atoms. The smallest absolute Gasteiger partial charge is 0.211 e. The van der Waals surface area contributed by atoms with Crippen LogP contribution in [-0.2, 0) is 10.0 Å². The molecule has 0 aliphatic carbocycles. The van der Waals surface area contributed by atoms with Gasteiger partial charge in [0.2, 0.25) is 10.0 Å². The van der Waals surface area contributed by atoms with E-state index < -0.39 is 10.0 Å². The Bertz CT molecular complexity index is 201. The first-order chi connectivity index (χ1) is 5.52. The summed E-state index contributed by atoms with van der Waals surface area (Å²) in [7, 11) is -3.06. The summed E-state index contributed by atoms with van der Waals surface area (Å²) < 4.78 is 24.3. The summed E-state index contributed by atoms with van der Waals surface area (Å²) in [6.45, 7) is 3.98. The van der Waals surface area contributed by atoms with E-state index in [1.807, 2.05) is 6.92 Å². The number of nitrogens with one attached hydrogen (secondary N) is 1. The van der Waals surface area contributed by atoms with Gasteiger partial charge in [0.1, 0.15) is 0 Å². The van der Waals surface area contributed by atoms with Crippen LogP contribution in [0, 0.1) is 0 Å². The molecule has 1 atom stereocenters. The van der Waals surface area contributed by atoms with Crippen LogP contribution in [0.15, 0.2) is 0 Å². The quantitative estimate of drug-likeness (QED) is 0.627. The zero-order valence-electron chi connectivity index (χ0n) is 7.71. The van der Waals surface area contributed by atoms with Gasteiger partial charge in [0.05, 0.1) is 5.75 Å². The molecule has 4 nitrogen and oxygen atoms in total. The minimum atomic E-state index is -3.06. The Hall–Kier alpha value is -0.130. The largest absolute Gasteiger partial charge is 0.327 e. The standard InChI is InChI=1S/C7H18N2O2S/c1-3-5-7(8)6-9-12(10,11)4-2/h7,9H,3-6,8H2,1-2H3. The van der Waals surface area contributed by atoms with Crippen molar-refractivity contribution in [3.8, 4) is 0 Å². The number of sulfonamides is 1. The van der Waals surface area contributed by atoms with Gasteiger partial charge in [-0.05, 0) is 13.3 Å². The van der Waals surface area contributed by atoms with E-state index in [0.717, 1.165) is 12.8 Å². The van der Waals surface area contributed by atoms with E-state index in [4.69, 9.17) is 5.73 Å². The summed E-state index contributed by atoms with van der Waals surface area (Å²) in [5, 5.41) is 0. The lowest BCUT2D eigenvalue weighted by molar-refractivity contribution is 0.553. The molecule has 0 fully saturated rings. The van der Waals surface area contributed by atoms with Crippen LogP contribution in [0.1, 0.15) is 26.7 Å². The molecule has 5 heteroatoms. The van der Waals surface area contributed by atoms with Crippen molar-refractivity contribution in [1.29, 1.82) is 0 Å². The van der Waals surface area contributed by atoms with E-state index in [9.17, 15) is 8.42 Å². The van der Waals surface area contributed by atoms with Crippen LogP contribution < -0.4 is 10.5 Å². The number of nitrogens with two attached hydrogens (primary N) is 1. The van der Waals surface area contributed by atoms with Crippen LogP contribution in [0.3, 0.4) is 0 Å². The molecule has 3 N–H and O–H groups in total. The highest BCUT2D eigenvalue weighted by molar-refractivity contribution is 7.89. The van der Waals surface area contributed by atoms with Gasteiger partial charge in [0.15, 0.2) is 0 Å². The molecule has 0 aromatic carbocycles. The van der Waals surface area contributed by atoms with Gasteiger partial charge in [-0.2, -0.15) is 0 Å². The normalized spacial score (nSPS) is 14.6. The van der Waals surface area contributed by atoms with Crippen LogP contribution in [0.4, 0.5) is 0 Å². The number of hydrogen-bond acceptors (Lipinski definition) is 3. The fourth-order valence-corrected chi connectivity index (χ4v) is 1.48. The molecule has 0 heterocycles. The third-order valence-electron chi connectivity index (χ3n) is 1.60. The van der Waals surface area contributed by atoms with Crippen molar-refractivity contribution in [2.45, 2.75) is 32.7 Å². The fourth-order valence-electron chi connectivity index (χ4n) is 0.809. The van der Waals surface area contributed by atoms with Gasteiger partial charge in [-0.1, -0.05) is 13.3 Å². The molecule has 0 aliphatic heterocycles. The highest BCUT2D eigenvalue weighted by Gasteiger charge is 2.08. The summed E-state index contributed by atoms with van der Waals surface area (Å²) in [5.74, 6) is 0.117. The zero-order valence-corrected chi connectivity index (χ0v) is 8.52. The highest BCUT2D eigenvalue weighted by atomic mass is 32.2. The lowest BCUT2D eigenvalue weighted by Crippen LogP contribution is -2.37. The number of hydrogen-bond donors (Lipinski definition) is 2. The van der Waals surface area contributed by atoms with Crippen molar-refractivity contribution >= 4 is 10.0 Å². The third-order valence-corrected chi connectivity index (χ3v) is 2.97. The Morgan fingerprint density at radius 3 is 2.42 bits per heavy atom. The van der Waals surface area contributed by atoms with E-state index in [2.05, 4.69) is 4.72 Å². The monoisotopic (exact) mass is 194 g/mol. The lowest BCUT2D eigenvalue weighted by atomic mass is 10.2. The van der Waals surface area contributed by atoms with E-state index >= 15 is 0 Å². The van der Waals surface area contributed by atoms with Gasteiger partial charge in [0, 0.05) is 12.6 Å². The van der Waals surface area contributed by atoms with Crippen LogP contribution in [0.5, 0.6) is 0 Å². The molecule has 0 spiro atoms. The fraction of sp³-hybridized carbons (Fsp3) is 1.00. The van der Waals surface area contributed by atoms with E-state index in [1.165, 1.54) is 0 Å². The van der Waals surface area contributed by atoms with Gasteiger partial charge in [-0.15, -0.1) is 0 Å². The Kier molecular flexibility index (Phi) is 5.44. The molecule has 1 unspecified atom stereocenters. The molecule has 0 saturated carbocycles. The zero-order chi connectivity index (χ0) is 9.61. The summed E-state index contributed by atoms with van der Waals surface area (Å²) in [6.07, 6.45) is 1.83. The molecule has 0 saturated heterocycles. The molecule has 74 valence electrons. The van der Waals surface area contributed by atoms with Crippen molar-refractivity contribution < 1.29 is 8.42 Å². The van der Waals surface area contributed by atoms with E-state index in [0.29, 0.717) is 6.54 Å². The SMILES string of the molecule is CCCC(N)CNS(=O)(=O)CC. The van der Waals surface area contributed by atoms with Gasteiger partial charge >= 0.3 is 0 Å². The summed E-state index contributed by atoms with van der Waals surface area (Å²) in [6, 6.07) is -0.0590. The Morgan fingerprint density at radius 2 is 2.00 bits per heavy atom. The maximum absolute atomic E-state index is 10.9. The summed E-state index contributed by atoms with van der Waals surface area (Å²) in [4.78, 5) is 0. The second-order valence-electron chi connectivity index (χ2n) is 2.80. The molecule has 0 bridgehead atoms. The second kappa shape index (κ2) is 5.50. The molecule has 0 amide bonds. The third kappa shape index (κ3) is 5.51. The Morgan fingerprint density at radius 1 is 1.42 bits per heavy atom. The minimum Gasteiger partial charge on any atom is -0.327 e. The molecule has 0 aliphatic rings. The van der Waals surface area contributed by atoms with Crippen molar-refractivity contribution in [2.24, 2.45) is 5.73 Å². The van der Waals surface area contributed by atoms with E-state index in [1.54, 1.807) is 6.92 Å². The predicted molar refractivity (Wildman–Crippen MR) is 50.3 cm³/mol.